The number of hydrogen-bond donors (Lipinski definition) is 2. The highest BCUT2D eigenvalue weighted by Gasteiger charge is 2.17. The molecule has 3 rings (SSSR count). The van der Waals surface area contributed by atoms with Crippen molar-refractivity contribution in [3.63, 3.8) is 0 Å². The van der Waals surface area contributed by atoms with Crippen molar-refractivity contribution in [2.24, 2.45) is 0 Å². The molecule has 0 radical (unpaired) electrons. The lowest BCUT2D eigenvalue weighted by atomic mass is 9.99. The number of benzene rings is 1. The normalized spacial score (nSPS) is 18.2. The van der Waals surface area contributed by atoms with Crippen molar-refractivity contribution in [2.75, 3.05) is 23.7 Å². The molecule has 1 unspecified atom stereocenters. The van der Waals surface area contributed by atoms with Crippen molar-refractivity contribution in [1.82, 2.24) is 4.98 Å². The minimum Gasteiger partial charge on any atom is -0.381 e. The molecule has 0 saturated heterocycles. The molecule has 1 aliphatic rings. The molecule has 1 atom stereocenters. The second-order valence-electron chi connectivity index (χ2n) is 4.42. The molecule has 2 aromatic rings. The third kappa shape index (κ3) is 2.27. The first-order valence-corrected chi connectivity index (χ1v) is 6.39. The third-order valence-electron chi connectivity index (χ3n) is 3.18. The van der Waals surface area contributed by atoms with Gasteiger partial charge in [-0.15, -0.1) is 0 Å². The highest BCUT2D eigenvalue weighted by molar-refractivity contribution is 6.30. The first kappa shape index (κ1) is 11.4. The summed E-state index contributed by atoms with van der Waals surface area (Å²) in [5.74, 6) is 1.30. The van der Waals surface area contributed by atoms with Crippen LogP contribution in [0.15, 0.2) is 42.6 Å². The summed E-state index contributed by atoms with van der Waals surface area (Å²) >= 11 is 5.95. The molecular weight excluding hydrogens is 246 g/mol. The zero-order valence-corrected chi connectivity index (χ0v) is 10.6. The van der Waals surface area contributed by atoms with Crippen LogP contribution < -0.4 is 10.6 Å². The van der Waals surface area contributed by atoms with Gasteiger partial charge in [-0.1, -0.05) is 41.9 Å². The standard InChI is InChI=1S/C14H14ClN3/c15-12-6-13-14(18-9-12)17-8-11(7-16-13)10-4-2-1-3-5-10/h1-6,9,11,16H,7-8H2,(H,17,18). The molecule has 18 heavy (non-hydrogen) atoms. The van der Waals surface area contributed by atoms with Gasteiger partial charge in [0.05, 0.1) is 10.7 Å². The Kier molecular flexibility index (Phi) is 3.07. The number of aromatic nitrogens is 1. The monoisotopic (exact) mass is 259 g/mol. The van der Waals surface area contributed by atoms with Gasteiger partial charge in [0.2, 0.25) is 0 Å². The highest BCUT2D eigenvalue weighted by atomic mass is 35.5. The predicted octanol–water partition coefficient (Wildman–Crippen LogP) is 3.36. The molecule has 1 aromatic carbocycles. The summed E-state index contributed by atoms with van der Waals surface area (Å²) in [5, 5.41) is 7.43. The summed E-state index contributed by atoms with van der Waals surface area (Å²) in [6, 6.07) is 12.4. The van der Waals surface area contributed by atoms with Crippen LogP contribution in [0.2, 0.25) is 5.02 Å². The molecule has 3 nitrogen and oxygen atoms in total. The van der Waals surface area contributed by atoms with Crippen LogP contribution in [0.4, 0.5) is 11.5 Å². The molecule has 2 N–H and O–H groups in total. The number of pyridine rings is 1. The minimum atomic E-state index is 0.430. The number of nitrogens with zero attached hydrogens (tertiary/aromatic N) is 1. The molecule has 0 saturated carbocycles. The fourth-order valence-electron chi connectivity index (χ4n) is 2.20. The van der Waals surface area contributed by atoms with Crippen molar-refractivity contribution < 1.29 is 0 Å². The van der Waals surface area contributed by atoms with Gasteiger partial charge in [0.15, 0.2) is 0 Å². The zero-order valence-electron chi connectivity index (χ0n) is 9.86. The largest absolute Gasteiger partial charge is 0.381 e. The van der Waals surface area contributed by atoms with Crippen LogP contribution >= 0.6 is 11.6 Å². The topological polar surface area (TPSA) is 37.0 Å². The van der Waals surface area contributed by atoms with Gasteiger partial charge in [-0.25, -0.2) is 4.98 Å². The molecule has 92 valence electrons. The Morgan fingerprint density at radius 1 is 1.11 bits per heavy atom. The number of anilines is 2. The first-order chi connectivity index (χ1) is 8.83. The average Bonchev–Trinajstić information content (AvgIpc) is 2.62. The zero-order chi connectivity index (χ0) is 12.4. The quantitative estimate of drug-likeness (QED) is 0.825. The van der Waals surface area contributed by atoms with E-state index in [9.17, 15) is 0 Å². The van der Waals surface area contributed by atoms with Crippen molar-refractivity contribution in [1.29, 1.82) is 0 Å². The lowest BCUT2D eigenvalue weighted by Crippen LogP contribution is -2.16. The van der Waals surface area contributed by atoms with Gasteiger partial charge in [0.1, 0.15) is 5.82 Å². The van der Waals surface area contributed by atoms with Crippen LogP contribution in [-0.4, -0.2) is 18.1 Å². The number of fused-ring (bicyclic) bond motifs is 1. The van der Waals surface area contributed by atoms with Gasteiger partial charge in [-0.05, 0) is 11.6 Å². The van der Waals surface area contributed by atoms with E-state index in [4.69, 9.17) is 11.6 Å². The van der Waals surface area contributed by atoms with Gasteiger partial charge in [-0.3, -0.25) is 0 Å². The second-order valence-corrected chi connectivity index (χ2v) is 4.86. The van der Waals surface area contributed by atoms with Crippen LogP contribution in [0, 0.1) is 0 Å². The van der Waals surface area contributed by atoms with Gasteiger partial charge in [-0.2, -0.15) is 0 Å². The summed E-state index contributed by atoms with van der Waals surface area (Å²) in [6.07, 6.45) is 1.66. The van der Waals surface area contributed by atoms with Gasteiger partial charge < -0.3 is 10.6 Å². The Labute approximate surface area is 111 Å². The predicted molar refractivity (Wildman–Crippen MR) is 75.4 cm³/mol. The summed E-state index contributed by atoms with van der Waals surface area (Å²) in [4.78, 5) is 4.30. The van der Waals surface area contributed by atoms with E-state index in [0.29, 0.717) is 10.9 Å². The van der Waals surface area contributed by atoms with Crippen LogP contribution in [0.3, 0.4) is 0 Å². The number of hydrogen-bond acceptors (Lipinski definition) is 3. The maximum atomic E-state index is 5.95. The van der Waals surface area contributed by atoms with Crippen molar-refractivity contribution in [3.05, 3.63) is 53.2 Å². The second kappa shape index (κ2) is 4.86. The van der Waals surface area contributed by atoms with Gasteiger partial charge in [0, 0.05) is 25.2 Å². The van der Waals surface area contributed by atoms with Crippen LogP contribution in [0.5, 0.6) is 0 Å². The molecule has 0 spiro atoms. The van der Waals surface area contributed by atoms with Crippen LogP contribution in [0.25, 0.3) is 0 Å². The molecule has 2 heterocycles. The van der Waals surface area contributed by atoms with E-state index >= 15 is 0 Å². The molecule has 1 aromatic heterocycles. The molecule has 0 bridgehead atoms. The van der Waals surface area contributed by atoms with E-state index in [2.05, 4.69) is 39.9 Å². The molecule has 4 heteroatoms. The van der Waals surface area contributed by atoms with Crippen molar-refractivity contribution in [3.8, 4) is 0 Å². The summed E-state index contributed by atoms with van der Waals surface area (Å²) in [7, 11) is 0. The molecule has 1 aliphatic heterocycles. The lowest BCUT2D eigenvalue weighted by Gasteiger charge is -2.14. The minimum absolute atomic E-state index is 0.430. The van der Waals surface area contributed by atoms with Crippen LogP contribution in [-0.2, 0) is 0 Å². The molecule has 0 fully saturated rings. The van der Waals surface area contributed by atoms with Gasteiger partial charge in [0.25, 0.3) is 0 Å². The lowest BCUT2D eigenvalue weighted by molar-refractivity contribution is 0.766. The fraction of sp³-hybridized carbons (Fsp3) is 0.214. The van der Waals surface area contributed by atoms with E-state index in [1.165, 1.54) is 5.56 Å². The Morgan fingerprint density at radius 2 is 1.89 bits per heavy atom. The highest BCUT2D eigenvalue weighted by Crippen LogP contribution is 2.28. The van der Waals surface area contributed by atoms with Gasteiger partial charge >= 0.3 is 0 Å². The maximum Gasteiger partial charge on any atom is 0.149 e. The summed E-state index contributed by atoms with van der Waals surface area (Å²) in [6.45, 7) is 1.75. The van der Waals surface area contributed by atoms with E-state index in [-0.39, 0.29) is 0 Å². The molecule has 0 amide bonds. The summed E-state index contributed by atoms with van der Waals surface area (Å²) in [5.41, 5.74) is 2.30. The average molecular weight is 260 g/mol. The Balaban J connectivity index is 1.83. The Hall–Kier alpha value is -1.74. The Morgan fingerprint density at radius 3 is 2.72 bits per heavy atom. The molecular formula is C14H14ClN3. The maximum absolute atomic E-state index is 5.95. The SMILES string of the molecule is Clc1cnc2c(c1)NCC(c1ccccc1)CN2. The number of nitrogens with one attached hydrogen (secondary N) is 2. The third-order valence-corrected chi connectivity index (χ3v) is 3.39. The van der Waals surface area contributed by atoms with Crippen molar-refractivity contribution in [2.45, 2.75) is 5.92 Å². The van der Waals surface area contributed by atoms with E-state index in [1.807, 2.05) is 12.1 Å². The summed E-state index contributed by atoms with van der Waals surface area (Å²) < 4.78 is 0. The van der Waals surface area contributed by atoms with Crippen molar-refractivity contribution >= 4 is 23.1 Å². The fourth-order valence-corrected chi connectivity index (χ4v) is 2.36. The Bertz CT molecular complexity index is 542. The van der Waals surface area contributed by atoms with E-state index < -0.39 is 0 Å². The smallest absolute Gasteiger partial charge is 0.149 e. The van der Waals surface area contributed by atoms with Crippen LogP contribution in [0.1, 0.15) is 11.5 Å². The number of rotatable bonds is 1. The number of halogens is 1. The van der Waals surface area contributed by atoms with E-state index in [1.54, 1.807) is 6.20 Å². The first-order valence-electron chi connectivity index (χ1n) is 6.01. The molecule has 0 aliphatic carbocycles. The van der Waals surface area contributed by atoms with E-state index in [0.717, 1.165) is 24.6 Å².